The molecule has 198 valence electrons. The van der Waals surface area contributed by atoms with Crippen molar-refractivity contribution in [3.63, 3.8) is 0 Å². The number of piperidine rings is 2. The van der Waals surface area contributed by atoms with E-state index in [-0.39, 0.29) is 37.6 Å². The fourth-order valence-corrected chi connectivity index (χ4v) is 6.69. The number of amides is 2. The number of carbonyl (C=O) groups is 3. The monoisotopic (exact) mass is 515 g/mol. The Bertz CT molecular complexity index is 898. The SMILES string of the molecule is CCOC(=O)C1(COS(=O)(=O)OC2C(=O)N3CC2CCC3C(=O)NC2CCNCC2)CCCCC1. The Kier molecular flexibility index (Phi) is 8.34. The van der Waals surface area contributed by atoms with Crippen molar-refractivity contribution in [1.29, 1.82) is 0 Å². The van der Waals surface area contributed by atoms with Crippen LogP contribution in [0, 0.1) is 11.3 Å². The maximum atomic E-state index is 13.1. The van der Waals surface area contributed by atoms with Crippen LogP contribution in [0.2, 0.25) is 0 Å². The summed E-state index contributed by atoms with van der Waals surface area (Å²) in [6.45, 7) is 3.48. The Labute approximate surface area is 206 Å². The maximum Gasteiger partial charge on any atom is 0.400 e. The summed E-state index contributed by atoms with van der Waals surface area (Å²) >= 11 is 0. The molecular formula is C23H37N3O8S. The van der Waals surface area contributed by atoms with Crippen molar-refractivity contribution in [3.8, 4) is 0 Å². The first-order valence-electron chi connectivity index (χ1n) is 12.8. The molecule has 35 heavy (non-hydrogen) atoms. The molecule has 3 aliphatic heterocycles. The summed E-state index contributed by atoms with van der Waals surface area (Å²) in [5, 5.41) is 6.28. The van der Waals surface area contributed by atoms with Crippen LogP contribution in [0.15, 0.2) is 0 Å². The molecule has 1 aliphatic carbocycles. The van der Waals surface area contributed by atoms with E-state index in [4.69, 9.17) is 13.1 Å². The zero-order valence-corrected chi connectivity index (χ0v) is 21.1. The molecule has 2 bridgehead atoms. The lowest BCUT2D eigenvalue weighted by molar-refractivity contribution is -0.160. The van der Waals surface area contributed by atoms with Crippen molar-refractivity contribution in [1.82, 2.24) is 15.5 Å². The maximum absolute atomic E-state index is 13.1. The van der Waals surface area contributed by atoms with Gasteiger partial charge < -0.3 is 20.3 Å². The van der Waals surface area contributed by atoms with E-state index in [1.165, 1.54) is 4.90 Å². The van der Waals surface area contributed by atoms with Crippen LogP contribution in [-0.2, 0) is 37.9 Å². The number of hydrogen-bond donors (Lipinski definition) is 2. The Hall–Kier alpha value is -1.76. The van der Waals surface area contributed by atoms with E-state index in [2.05, 4.69) is 10.6 Å². The fraction of sp³-hybridized carbons (Fsp3) is 0.870. The Morgan fingerprint density at radius 3 is 2.51 bits per heavy atom. The Morgan fingerprint density at radius 1 is 1.11 bits per heavy atom. The van der Waals surface area contributed by atoms with Gasteiger partial charge in [0.15, 0.2) is 6.10 Å². The van der Waals surface area contributed by atoms with Crippen molar-refractivity contribution in [2.75, 3.05) is 32.8 Å². The lowest BCUT2D eigenvalue weighted by Gasteiger charge is -2.34. The second-order valence-electron chi connectivity index (χ2n) is 10.1. The average molecular weight is 516 g/mol. The molecule has 0 aromatic rings. The number of carbonyl (C=O) groups excluding carboxylic acids is 3. The van der Waals surface area contributed by atoms with E-state index in [9.17, 15) is 22.8 Å². The quantitative estimate of drug-likeness (QED) is 0.423. The van der Waals surface area contributed by atoms with Crippen molar-refractivity contribution in [2.45, 2.75) is 82.9 Å². The minimum Gasteiger partial charge on any atom is -0.465 e. The smallest absolute Gasteiger partial charge is 0.400 e. The molecule has 12 heteroatoms. The third-order valence-corrected chi connectivity index (χ3v) is 8.63. The normalized spacial score (nSPS) is 29.1. The highest BCUT2D eigenvalue weighted by Gasteiger charge is 2.52. The van der Waals surface area contributed by atoms with Crippen LogP contribution in [0.3, 0.4) is 0 Å². The van der Waals surface area contributed by atoms with E-state index >= 15 is 0 Å². The van der Waals surface area contributed by atoms with Crippen LogP contribution in [-0.4, -0.2) is 82.1 Å². The number of ether oxygens (including phenoxy) is 1. The number of hydrogen-bond acceptors (Lipinski definition) is 9. The minimum atomic E-state index is -4.55. The number of fused-ring (bicyclic) bond motifs is 2. The zero-order valence-electron chi connectivity index (χ0n) is 20.3. The number of nitrogens with one attached hydrogen (secondary N) is 2. The van der Waals surface area contributed by atoms with E-state index in [1.54, 1.807) is 6.92 Å². The molecule has 3 atom stereocenters. The first-order valence-corrected chi connectivity index (χ1v) is 14.1. The van der Waals surface area contributed by atoms with Crippen molar-refractivity contribution < 1.29 is 35.9 Å². The van der Waals surface area contributed by atoms with Gasteiger partial charge in [0.05, 0.1) is 18.6 Å². The van der Waals surface area contributed by atoms with E-state index in [0.717, 1.165) is 45.2 Å². The van der Waals surface area contributed by atoms with Crippen LogP contribution in [0.25, 0.3) is 0 Å². The summed E-state index contributed by atoms with van der Waals surface area (Å²) in [5.74, 6) is -1.51. The summed E-state index contributed by atoms with van der Waals surface area (Å²) in [6.07, 6.45) is 4.89. The lowest BCUT2D eigenvalue weighted by atomic mass is 9.75. The lowest BCUT2D eigenvalue weighted by Crippen LogP contribution is -2.53. The summed E-state index contributed by atoms with van der Waals surface area (Å²) < 4.78 is 41.0. The third kappa shape index (κ3) is 5.98. The molecule has 11 nitrogen and oxygen atoms in total. The highest BCUT2D eigenvalue weighted by molar-refractivity contribution is 7.81. The van der Waals surface area contributed by atoms with Gasteiger partial charge in [0.2, 0.25) is 5.91 Å². The van der Waals surface area contributed by atoms with Gasteiger partial charge in [-0.2, -0.15) is 8.42 Å². The molecule has 0 radical (unpaired) electrons. The standard InChI is InChI=1S/C23H37N3O8S/c1-2-32-22(29)23(10-4-3-5-11-23)15-33-35(30,31)34-19-16-6-7-18(26(14-16)21(19)28)20(27)25-17-8-12-24-13-9-17/h16-19,24H,2-15H2,1H3,(H,25,27). The Morgan fingerprint density at radius 2 is 1.83 bits per heavy atom. The molecule has 4 rings (SSSR count). The molecule has 3 heterocycles. The highest BCUT2D eigenvalue weighted by atomic mass is 32.3. The van der Waals surface area contributed by atoms with Crippen molar-refractivity contribution in [2.24, 2.45) is 11.3 Å². The average Bonchev–Trinajstić information content (AvgIpc) is 3.08. The topological polar surface area (TPSA) is 140 Å². The van der Waals surface area contributed by atoms with Crippen LogP contribution in [0.5, 0.6) is 0 Å². The summed E-state index contributed by atoms with van der Waals surface area (Å²) in [7, 11) is -4.55. The van der Waals surface area contributed by atoms with Crippen LogP contribution >= 0.6 is 0 Å². The second-order valence-corrected chi connectivity index (χ2v) is 11.4. The minimum absolute atomic E-state index is 0.0755. The van der Waals surface area contributed by atoms with Gasteiger partial charge >= 0.3 is 16.4 Å². The number of esters is 1. The number of nitrogens with zero attached hydrogens (tertiary/aromatic N) is 1. The van der Waals surface area contributed by atoms with Gasteiger partial charge in [-0.3, -0.25) is 14.4 Å². The summed E-state index contributed by atoms with van der Waals surface area (Å²) in [6, 6.07) is -0.549. The molecule has 0 aromatic heterocycles. The molecule has 2 amide bonds. The predicted molar refractivity (Wildman–Crippen MR) is 124 cm³/mol. The molecule has 0 spiro atoms. The third-order valence-electron chi connectivity index (χ3n) is 7.78. The highest BCUT2D eigenvalue weighted by Crippen LogP contribution is 2.39. The van der Waals surface area contributed by atoms with Crippen LogP contribution in [0.1, 0.15) is 64.7 Å². The molecule has 0 aromatic carbocycles. The predicted octanol–water partition coefficient (Wildman–Crippen LogP) is 0.636. The molecule has 4 aliphatic rings. The first-order chi connectivity index (χ1) is 16.7. The van der Waals surface area contributed by atoms with E-state index < -0.39 is 39.8 Å². The van der Waals surface area contributed by atoms with Crippen molar-refractivity contribution in [3.05, 3.63) is 0 Å². The van der Waals surface area contributed by atoms with Gasteiger partial charge in [0.1, 0.15) is 6.04 Å². The second kappa shape index (κ2) is 11.1. The van der Waals surface area contributed by atoms with Crippen LogP contribution in [0.4, 0.5) is 0 Å². The van der Waals surface area contributed by atoms with E-state index in [0.29, 0.717) is 25.7 Å². The first kappa shape index (κ1) is 26.3. The van der Waals surface area contributed by atoms with Crippen molar-refractivity contribution >= 4 is 28.2 Å². The summed E-state index contributed by atoms with van der Waals surface area (Å²) in [5.41, 5.74) is -1.03. The number of rotatable bonds is 9. The van der Waals surface area contributed by atoms with Crippen LogP contribution < -0.4 is 10.6 Å². The van der Waals surface area contributed by atoms with Gasteiger partial charge in [-0.25, -0.2) is 8.37 Å². The van der Waals surface area contributed by atoms with Gasteiger partial charge in [-0.05, 0) is 58.5 Å². The van der Waals surface area contributed by atoms with Gasteiger partial charge in [-0.1, -0.05) is 19.3 Å². The molecule has 1 saturated carbocycles. The van der Waals surface area contributed by atoms with Gasteiger partial charge in [-0.15, -0.1) is 0 Å². The fourth-order valence-electron chi connectivity index (χ4n) is 5.77. The zero-order chi connectivity index (χ0) is 25.1. The van der Waals surface area contributed by atoms with E-state index in [1.807, 2.05) is 0 Å². The molecular weight excluding hydrogens is 478 g/mol. The molecule has 3 unspecified atom stereocenters. The Balaban J connectivity index is 1.36. The molecule has 2 N–H and O–H groups in total. The van der Waals surface area contributed by atoms with Gasteiger partial charge in [0, 0.05) is 18.5 Å². The summed E-state index contributed by atoms with van der Waals surface area (Å²) in [4.78, 5) is 39.9. The molecule has 4 fully saturated rings. The largest absolute Gasteiger partial charge is 0.465 e. The van der Waals surface area contributed by atoms with Gasteiger partial charge in [0.25, 0.3) is 5.91 Å². The molecule has 3 saturated heterocycles.